The quantitative estimate of drug-likeness (QED) is 0.874. The Bertz CT molecular complexity index is 640. The highest BCUT2D eigenvalue weighted by Gasteiger charge is 2.37. The zero-order valence-corrected chi connectivity index (χ0v) is 11.2. The lowest BCUT2D eigenvalue weighted by Crippen LogP contribution is -2.49. The van der Waals surface area contributed by atoms with Gasteiger partial charge in [-0.3, -0.25) is 0 Å². The van der Waals surface area contributed by atoms with E-state index < -0.39 is 11.8 Å². The lowest BCUT2D eigenvalue weighted by atomic mass is 10.2. The van der Waals surface area contributed by atoms with Gasteiger partial charge in [0.1, 0.15) is 0 Å². The summed E-state index contributed by atoms with van der Waals surface area (Å²) in [4.78, 5) is 11.8. The third-order valence-corrected chi connectivity index (χ3v) is 3.04. The normalized spacial score (nSPS) is 19.9. The summed E-state index contributed by atoms with van der Waals surface area (Å²) in [5.41, 5.74) is 0.415. The first-order chi connectivity index (χ1) is 10.2. The third kappa shape index (κ3) is 2.98. The Kier molecular flexibility index (Phi) is 3.50. The Morgan fingerprint density at radius 1 is 1.10 bits per heavy atom. The highest BCUT2D eigenvalue weighted by molar-refractivity contribution is 5.89. The predicted molar refractivity (Wildman–Crippen MR) is 74.2 cm³/mol. The van der Waals surface area contributed by atoms with Crippen LogP contribution in [-0.4, -0.2) is 30.1 Å². The van der Waals surface area contributed by atoms with E-state index in [1.165, 1.54) is 0 Å². The van der Waals surface area contributed by atoms with Crippen molar-refractivity contribution in [1.29, 1.82) is 0 Å². The SMILES string of the molecule is O=C(OCC1(O)COc2ccccc2O1)c1ccccc1. The summed E-state index contributed by atoms with van der Waals surface area (Å²) < 4.78 is 16.0. The molecule has 1 unspecified atom stereocenters. The average Bonchev–Trinajstić information content (AvgIpc) is 2.53. The van der Waals surface area contributed by atoms with E-state index in [4.69, 9.17) is 14.2 Å². The van der Waals surface area contributed by atoms with E-state index in [2.05, 4.69) is 0 Å². The Morgan fingerprint density at radius 2 is 1.76 bits per heavy atom. The van der Waals surface area contributed by atoms with Crippen LogP contribution in [0.1, 0.15) is 10.4 Å². The third-order valence-electron chi connectivity index (χ3n) is 3.04. The molecule has 3 rings (SSSR count). The van der Waals surface area contributed by atoms with E-state index in [0.29, 0.717) is 17.1 Å². The summed E-state index contributed by atoms with van der Waals surface area (Å²) in [6, 6.07) is 15.6. The fourth-order valence-corrected chi connectivity index (χ4v) is 1.99. The highest BCUT2D eigenvalue weighted by Crippen LogP contribution is 2.34. The number of rotatable bonds is 3. The van der Waals surface area contributed by atoms with Gasteiger partial charge in [-0.2, -0.15) is 0 Å². The lowest BCUT2D eigenvalue weighted by molar-refractivity contribution is -0.197. The Hall–Kier alpha value is -2.53. The number of hydrogen-bond acceptors (Lipinski definition) is 5. The minimum absolute atomic E-state index is 0.105. The van der Waals surface area contributed by atoms with Crippen molar-refractivity contribution in [2.24, 2.45) is 0 Å². The van der Waals surface area contributed by atoms with Crippen molar-refractivity contribution in [2.45, 2.75) is 5.79 Å². The molecule has 2 aromatic rings. The van der Waals surface area contributed by atoms with E-state index in [1.807, 2.05) is 6.07 Å². The van der Waals surface area contributed by atoms with Gasteiger partial charge in [0.25, 0.3) is 5.79 Å². The molecule has 0 radical (unpaired) electrons. The first-order valence-corrected chi connectivity index (χ1v) is 6.52. The van der Waals surface area contributed by atoms with Crippen molar-refractivity contribution in [1.82, 2.24) is 0 Å². The Balaban J connectivity index is 1.65. The van der Waals surface area contributed by atoms with E-state index in [-0.39, 0.29) is 13.2 Å². The fourth-order valence-electron chi connectivity index (χ4n) is 1.99. The van der Waals surface area contributed by atoms with Crippen LogP contribution in [0.2, 0.25) is 0 Å². The summed E-state index contributed by atoms with van der Waals surface area (Å²) >= 11 is 0. The minimum Gasteiger partial charge on any atom is -0.483 e. The number of benzene rings is 2. The number of aliphatic hydroxyl groups is 1. The lowest BCUT2D eigenvalue weighted by Gasteiger charge is -2.33. The first kappa shape index (κ1) is 13.5. The molecule has 0 amide bonds. The van der Waals surface area contributed by atoms with Crippen LogP contribution in [-0.2, 0) is 4.74 Å². The van der Waals surface area contributed by atoms with Crippen LogP contribution >= 0.6 is 0 Å². The molecule has 0 aliphatic carbocycles. The number of para-hydroxylation sites is 2. The zero-order chi connectivity index (χ0) is 14.7. The summed E-state index contributed by atoms with van der Waals surface area (Å²) in [5.74, 6) is -1.23. The van der Waals surface area contributed by atoms with E-state index in [0.717, 1.165) is 0 Å². The highest BCUT2D eigenvalue weighted by atomic mass is 16.7. The van der Waals surface area contributed by atoms with Crippen molar-refractivity contribution in [3.63, 3.8) is 0 Å². The van der Waals surface area contributed by atoms with Gasteiger partial charge < -0.3 is 19.3 Å². The smallest absolute Gasteiger partial charge is 0.338 e. The Labute approximate surface area is 121 Å². The van der Waals surface area contributed by atoms with Crippen molar-refractivity contribution < 1.29 is 24.1 Å². The molecule has 1 atom stereocenters. The first-order valence-electron chi connectivity index (χ1n) is 6.52. The van der Waals surface area contributed by atoms with Gasteiger partial charge in [0.15, 0.2) is 24.7 Å². The number of ether oxygens (including phenoxy) is 3. The number of fused-ring (bicyclic) bond motifs is 1. The standard InChI is InChI=1S/C16H14O5/c17-15(12-6-2-1-3-7-12)20-11-16(18)10-19-13-8-4-5-9-14(13)21-16/h1-9,18H,10-11H2. The molecule has 5 nitrogen and oxygen atoms in total. The fraction of sp³-hybridized carbons (Fsp3) is 0.188. The molecule has 0 saturated heterocycles. The minimum atomic E-state index is -1.68. The van der Waals surface area contributed by atoms with Crippen LogP contribution in [0.3, 0.4) is 0 Å². The second-order valence-electron chi connectivity index (χ2n) is 4.73. The van der Waals surface area contributed by atoms with Crippen LogP contribution < -0.4 is 9.47 Å². The molecule has 0 bridgehead atoms. The molecule has 0 fully saturated rings. The van der Waals surface area contributed by atoms with Crippen molar-refractivity contribution in [3.05, 3.63) is 60.2 Å². The van der Waals surface area contributed by atoms with Crippen LogP contribution in [0.25, 0.3) is 0 Å². The van der Waals surface area contributed by atoms with Crippen molar-refractivity contribution in [3.8, 4) is 11.5 Å². The second kappa shape index (κ2) is 5.46. The molecule has 1 N–H and O–H groups in total. The second-order valence-corrected chi connectivity index (χ2v) is 4.73. The predicted octanol–water partition coefficient (Wildman–Crippen LogP) is 2.00. The molecule has 0 saturated carbocycles. The van der Waals surface area contributed by atoms with Crippen LogP contribution in [0, 0.1) is 0 Å². The van der Waals surface area contributed by atoms with E-state index in [9.17, 15) is 9.90 Å². The van der Waals surface area contributed by atoms with Gasteiger partial charge in [0, 0.05) is 0 Å². The van der Waals surface area contributed by atoms with Crippen molar-refractivity contribution in [2.75, 3.05) is 13.2 Å². The summed E-state index contributed by atoms with van der Waals surface area (Å²) in [6.07, 6.45) is 0. The van der Waals surface area contributed by atoms with Crippen LogP contribution in [0.5, 0.6) is 11.5 Å². The van der Waals surface area contributed by atoms with Crippen molar-refractivity contribution >= 4 is 5.97 Å². The van der Waals surface area contributed by atoms with E-state index >= 15 is 0 Å². The number of hydrogen-bond donors (Lipinski definition) is 1. The zero-order valence-electron chi connectivity index (χ0n) is 11.2. The molecule has 2 aromatic carbocycles. The molecule has 1 heterocycles. The molecule has 5 heteroatoms. The average molecular weight is 286 g/mol. The molecular formula is C16H14O5. The molecule has 21 heavy (non-hydrogen) atoms. The molecule has 108 valence electrons. The topological polar surface area (TPSA) is 65.0 Å². The van der Waals surface area contributed by atoms with Gasteiger partial charge in [0.05, 0.1) is 5.56 Å². The molecule has 0 spiro atoms. The summed E-state index contributed by atoms with van der Waals surface area (Å²) in [6.45, 7) is -0.416. The number of carbonyl (C=O) groups is 1. The maximum Gasteiger partial charge on any atom is 0.338 e. The van der Waals surface area contributed by atoms with Gasteiger partial charge in [-0.25, -0.2) is 4.79 Å². The van der Waals surface area contributed by atoms with Gasteiger partial charge in [0.2, 0.25) is 0 Å². The van der Waals surface area contributed by atoms with Gasteiger partial charge >= 0.3 is 5.97 Å². The summed E-state index contributed by atoms with van der Waals surface area (Å²) in [5, 5.41) is 10.3. The van der Waals surface area contributed by atoms with Crippen LogP contribution in [0.15, 0.2) is 54.6 Å². The van der Waals surface area contributed by atoms with Gasteiger partial charge in [-0.15, -0.1) is 0 Å². The van der Waals surface area contributed by atoms with E-state index in [1.54, 1.807) is 48.5 Å². The van der Waals surface area contributed by atoms with Gasteiger partial charge in [-0.1, -0.05) is 30.3 Å². The van der Waals surface area contributed by atoms with Crippen LogP contribution in [0.4, 0.5) is 0 Å². The largest absolute Gasteiger partial charge is 0.483 e. The maximum atomic E-state index is 11.8. The molecule has 0 aromatic heterocycles. The number of carbonyl (C=O) groups excluding carboxylic acids is 1. The Morgan fingerprint density at radius 3 is 2.52 bits per heavy atom. The molecule has 1 aliphatic rings. The molecule has 1 aliphatic heterocycles. The molecular weight excluding hydrogens is 272 g/mol. The number of esters is 1. The maximum absolute atomic E-state index is 11.8. The summed E-state index contributed by atoms with van der Waals surface area (Å²) in [7, 11) is 0. The van der Waals surface area contributed by atoms with Gasteiger partial charge in [-0.05, 0) is 24.3 Å². The monoisotopic (exact) mass is 286 g/mol.